The van der Waals surface area contributed by atoms with E-state index in [-0.39, 0.29) is 24.1 Å². The van der Waals surface area contributed by atoms with Crippen molar-refractivity contribution in [2.45, 2.75) is 39.3 Å². The van der Waals surface area contributed by atoms with Gasteiger partial charge in [-0.1, -0.05) is 19.4 Å². The molecule has 1 unspecified atom stereocenters. The molecule has 1 aliphatic rings. The third-order valence-electron chi connectivity index (χ3n) is 4.53. The topological polar surface area (TPSA) is 62.8 Å². The number of nitrogens with zero attached hydrogens (tertiary/aromatic N) is 1. The summed E-state index contributed by atoms with van der Waals surface area (Å²) in [4.78, 5) is 14.4. The molecule has 152 valence electrons. The van der Waals surface area contributed by atoms with Crippen LogP contribution in [0.5, 0.6) is 11.5 Å². The first-order valence-electron chi connectivity index (χ1n) is 9.33. The van der Waals surface area contributed by atoms with Crippen LogP contribution in [0.1, 0.15) is 31.7 Å². The Hall–Kier alpha value is -2.09. The lowest BCUT2D eigenvalue weighted by Crippen LogP contribution is -2.41. The molecule has 1 aromatic carbocycles. The van der Waals surface area contributed by atoms with Crippen LogP contribution < -0.4 is 20.1 Å². The van der Waals surface area contributed by atoms with Crippen molar-refractivity contribution in [3.05, 3.63) is 23.8 Å². The lowest BCUT2D eigenvalue weighted by molar-refractivity contribution is -0.0512. The van der Waals surface area contributed by atoms with E-state index >= 15 is 0 Å². The van der Waals surface area contributed by atoms with Gasteiger partial charge in [0.15, 0.2) is 11.5 Å². The quantitative estimate of drug-likeness (QED) is 0.685. The van der Waals surface area contributed by atoms with Crippen molar-refractivity contribution in [3.63, 3.8) is 0 Å². The van der Waals surface area contributed by atoms with Crippen LogP contribution in [0.3, 0.4) is 0 Å². The Morgan fingerprint density at radius 1 is 1.19 bits per heavy atom. The van der Waals surface area contributed by atoms with E-state index in [1.54, 1.807) is 12.1 Å². The van der Waals surface area contributed by atoms with Gasteiger partial charge >= 0.3 is 12.6 Å². The smallest absolute Gasteiger partial charge is 0.387 e. The Kier molecular flexibility index (Phi) is 8.57. The van der Waals surface area contributed by atoms with E-state index in [1.165, 1.54) is 32.4 Å². The maximum Gasteiger partial charge on any atom is 0.387 e. The number of hydrogen-bond acceptors (Lipinski definition) is 4. The molecule has 1 fully saturated rings. The highest BCUT2D eigenvalue weighted by Crippen LogP contribution is 2.29. The van der Waals surface area contributed by atoms with E-state index in [2.05, 4.69) is 27.2 Å². The maximum atomic E-state index is 12.3. The summed E-state index contributed by atoms with van der Waals surface area (Å²) in [7, 11) is 1.38. The molecule has 0 bridgehead atoms. The second-order valence-corrected chi connectivity index (χ2v) is 6.89. The van der Waals surface area contributed by atoms with Gasteiger partial charge in [0.1, 0.15) is 0 Å². The number of rotatable bonds is 9. The highest BCUT2D eigenvalue weighted by Gasteiger charge is 2.14. The Balaban J connectivity index is 1.72. The molecule has 27 heavy (non-hydrogen) atoms. The second-order valence-electron chi connectivity index (χ2n) is 6.89. The Labute approximate surface area is 159 Å². The van der Waals surface area contributed by atoms with Gasteiger partial charge in [-0.25, -0.2) is 4.79 Å². The first-order valence-corrected chi connectivity index (χ1v) is 9.33. The number of methoxy groups -OCH3 is 1. The van der Waals surface area contributed by atoms with Gasteiger partial charge in [0.2, 0.25) is 0 Å². The number of benzene rings is 1. The van der Waals surface area contributed by atoms with Crippen LogP contribution in [-0.2, 0) is 6.54 Å². The average molecular weight is 385 g/mol. The number of piperidine rings is 1. The summed E-state index contributed by atoms with van der Waals surface area (Å²) in [5.74, 6) is 0.539. The van der Waals surface area contributed by atoms with Crippen LogP contribution in [-0.4, -0.2) is 50.8 Å². The van der Waals surface area contributed by atoms with E-state index in [0.29, 0.717) is 12.5 Å². The number of halogens is 2. The SMILES string of the molecule is COc1cc(CNC(=O)NCC(C)CN2CCCCC2)ccc1OC(F)F. The Morgan fingerprint density at radius 3 is 2.59 bits per heavy atom. The van der Waals surface area contributed by atoms with Crippen LogP contribution in [0.2, 0.25) is 0 Å². The number of ether oxygens (including phenoxy) is 2. The van der Waals surface area contributed by atoms with E-state index in [1.807, 2.05) is 0 Å². The fourth-order valence-corrected chi connectivity index (χ4v) is 3.17. The lowest BCUT2D eigenvalue weighted by atomic mass is 10.1. The third-order valence-corrected chi connectivity index (χ3v) is 4.53. The standard InChI is InChI=1S/C19H29F2N3O3/c1-14(13-24-8-4-3-5-9-24)11-22-19(25)23-12-15-6-7-16(27-18(20)21)17(10-15)26-2/h6-7,10,14,18H,3-5,8-9,11-13H2,1-2H3,(H2,22,23,25). The molecule has 1 saturated heterocycles. The molecule has 6 nitrogen and oxygen atoms in total. The number of likely N-dealkylation sites (tertiary alicyclic amines) is 1. The second kappa shape index (κ2) is 10.9. The van der Waals surface area contributed by atoms with Crippen molar-refractivity contribution in [1.29, 1.82) is 0 Å². The van der Waals surface area contributed by atoms with Gasteiger partial charge in [-0.05, 0) is 49.5 Å². The van der Waals surface area contributed by atoms with Crippen molar-refractivity contribution in [2.24, 2.45) is 5.92 Å². The van der Waals surface area contributed by atoms with Crippen molar-refractivity contribution in [2.75, 3.05) is 33.3 Å². The lowest BCUT2D eigenvalue weighted by Gasteiger charge is -2.29. The normalized spacial score (nSPS) is 16.0. The number of amides is 2. The number of alkyl halides is 2. The molecule has 0 spiro atoms. The number of urea groups is 1. The summed E-state index contributed by atoms with van der Waals surface area (Å²) in [6, 6.07) is 4.32. The van der Waals surface area contributed by atoms with Crippen LogP contribution >= 0.6 is 0 Å². The van der Waals surface area contributed by atoms with E-state index in [0.717, 1.165) is 25.2 Å². The minimum Gasteiger partial charge on any atom is -0.493 e. The number of nitrogens with one attached hydrogen (secondary N) is 2. The predicted molar refractivity (Wildman–Crippen MR) is 99.3 cm³/mol. The fourth-order valence-electron chi connectivity index (χ4n) is 3.17. The number of hydrogen-bond donors (Lipinski definition) is 2. The van der Waals surface area contributed by atoms with E-state index in [4.69, 9.17) is 4.74 Å². The van der Waals surface area contributed by atoms with Gasteiger partial charge in [-0.3, -0.25) is 0 Å². The first-order chi connectivity index (χ1) is 13.0. The van der Waals surface area contributed by atoms with Gasteiger partial charge < -0.3 is 25.0 Å². The van der Waals surface area contributed by atoms with Gasteiger partial charge in [0.05, 0.1) is 7.11 Å². The molecule has 2 rings (SSSR count). The summed E-state index contributed by atoms with van der Waals surface area (Å²) >= 11 is 0. The summed E-state index contributed by atoms with van der Waals surface area (Å²) in [6.07, 6.45) is 3.82. The summed E-state index contributed by atoms with van der Waals surface area (Å²) in [5.41, 5.74) is 0.727. The molecule has 0 aromatic heterocycles. The van der Waals surface area contributed by atoms with Crippen LogP contribution in [0.15, 0.2) is 18.2 Å². The van der Waals surface area contributed by atoms with Gasteiger partial charge in [-0.2, -0.15) is 8.78 Å². The molecule has 8 heteroatoms. The average Bonchev–Trinajstić information content (AvgIpc) is 2.66. The number of carbonyl (C=O) groups excluding carboxylic acids is 1. The van der Waals surface area contributed by atoms with Crippen molar-refractivity contribution < 1.29 is 23.0 Å². The Morgan fingerprint density at radius 2 is 1.93 bits per heavy atom. The van der Waals surface area contributed by atoms with Crippen molar-refractivity contribution in [1.82, 2.24) is 15.5 Å². The molecule has 0 radical (unpaired) electrons. The largest absolute Gasteiger partial charge is 0.493 e. The fraction of sp³-hybridized carbons (Fsp3) is 0.632. The molecule has 2 amide bonds. The monoisotopic (exact) mass is 385 g/mol. The molecule has 0 saturated carbocycles. The number of carbonyl (C=O) groups is 1. The molecular formula is C19H29F2N3O3. The zero-order valence-corrected chi connectivity index (χ0v) is 16.0. The predicted octanol–water partition coefficient (Wildman–Crippen LogP) is 3.22. The van der Waals surface area contributed by atoms with Gasteiger partial charge in [-0.15, -0.1) is 0 Å². The first kappa shape index (κ1) is 21.2. The van der Waals surface area contributed by atoms with Crippen molar-refractivity contribution in [3.8, 4) is 11.5 Å². The summed E-state index contributed by atoms with van der Waals surface area (Å²) < 4.78 is 34.1. The molecule has 2 N–H and O–H groups in total. The van der Waals surface area contributed by atoms with Crippen LogP contribution in [0.4, 0.5) is 13.6 Å². The molecular weight excluding hydrogens is 356 g/mol. The van der Waals surface area contributed by atoms with Gasteiger partial charge in [0, 0.05) is 19.6 Å². The highest BCUT2D eigenvalue weighted by atomic mass is 19.3. The summed E-state index contributed by atoms with van der Waals surface area (Å²) in [6.45, 7) is 3.35. The molecule has 0 aliphatic carbocycles. The van der Waals surface area contributed by atoms with Crippen LogP contribution in [0, 0.1) is 5.92 Å². The zero-order chi connectivity index (χ0) is 19.6. The zero-order valence-electron chi connectivity index (χ0n) is 16.0. The minimum atomic E-state index is -2.92. The summed E-state index contributed by atoms with van der Waals surface area (Å²) in [5, 5.41) is 5.64. The highest BCUT2D eigenvalue weighted by molar-refractivity contribution is 5.73. The molecule has 1 heterocycles. The third kappa shape index (κ3) is 7.58. The maximum absolute atomic E-state index is 12.3. The van der Waals surface area contributed by atoms with Crippen LogP contribution in [0.25, 0.3) is 0 Å². The van der Waals surface area contributed by atoms with E-state index < -0.39 is 6.61 Å². The molecule has 1 atom stereocenters. The molecule has 1 aromatic rings. The van der Waals surface area contributed by atoms with Crippen molar-refractivity contribution >= 4 is 6.03 Å². The van der Waals surface area contributed by atoms with Gasteiger partial charge in [0.25, 0.3) is 0 Å². The molecule has 1 aliphatic heterocycles. The van der Waals surface area contributed by atoms with E-state index in [9.17, 15) is 13.6 Å². The minimum absolute atomic E-state index is 0.0350. The Bertz CT molecular complexity index is 596.